The van der Waals surface area contributed by atoms with E-state index in [1.54, 1.807) is 13.0 Å². The van der Waals surface area contributed by atoms with Gasteiger partial charge in [-0.15, -0.1) is 0 Å². The van der Waals surface area contributed by atoms with Crippen molar-refractivity contribution in [1.82, 2.24) is 15.0 Å². The van der Waals surface area contributed by atoms with E-state index >= 15 is 0 Å². The van der Waals surface area contributed by atoms with Gasteiger partial charge in [-0.05, 0) is 19.1 Å². The zero-order chi connectivity index (χ0) is 14.5. The number of nitrogen functional groups attached to an aromatic ring is 1. The highest BCUT2D eigenvalue weighted by atomic mass is 19.1. The number of anilines is 3. The van der Waals surface area contributed by atoms with Gasteiger partial charge in [0, 0.05) is 0 Å². The van der Waals surface area contributed by atoms with Crippen LogP contribution in [0.1, 0.15) is 12.5 Å². The van der Waals surface area contributed by atoms with E-state index in [0.717, 1.165) is 0 Å². The molecular weight excluding hydrogens is 263 g/mol. The molecule has 0 fully saturated rings. The number of halogens is 1. The molecule has 0 radical (unpaired) electrons. The van der Waals surface area contributed by atoms with Gasteiger partial charge < -0.3 is 15.8 Å². The summed E-state index contributed by atoms with van der Waals surface area (Å²) in [6.45, 7) is 2.14. The SMILES string of the molecule is CCOc1nc(N)nc(Nc2cccc(F)c2C#N)n1. The van der Waals surface area contributed by atoms with Crippen LogP contribution in [0.4, 0.5) is 22.0 Å². The van der Waals surface area contributed by atoms with Gasteiger partial charge in [-0.3, -0.25) is 0 Å². The number of nitrogens with one attached hydrogen (secondary N) is 1. The van der Waals surface area contributed by atoms with E-state index in [1.165, 1.54) is 18.2 Å². The van der Waals surface area contributed by atoms with E-state index in [0.29, 0.717) is 6.61 Å². The predicted molar refractivity (Wildman–Crippen MR) is 69.8 cm³/mol. The molecule has 0 amide bonds. The van der Waals surface area contributed by atoms with Crippen molar-refractivity contribution in [2.45, 2.75) is 6.92 Å². The Balaban J connectivity index is 2.35. The molecule has 1 aromatic carbocycles. The molecular formula is C12H11FN6O. The van der Waals surface area contributed by atoms with Crippen LogP contribution < -0.4 is 15.8 Å². The third-order valence-corrected chi connectivity index (χ3v) is 2.28. The minimum Gasteiger partial charge on any atom is -0.464 e. The first-order valence-corrected chi connectivity index (χ1v) is 5.74. The molecule has 0 atom stereocenters. The van der Waals surface area contributed by atoms with E-state index in [2.05, 4.69) is 20.3 Å². The Labute approximate surface area is 114 Å². The largest absolute Gasteiger partial charge is 0.464 e. The van der Waals surface area contributed by atoms with Gasteiger partial charge in [0.2, 0.25) is 11.9 Å². The van der Waals surface area contributed by atoms with Crippen molar-refractivity contribution in [2.24, 2.45) is 0 Å². The lowest BCUT2D eigenvalue weighted by atomic mass is 10.2. The highest BCUT2D eigenvalue weighted by Crippen LogP contribution is 2.21. The molecule has 0 saturated heterocycles. The lowest BCUT2D eigenvalue weighted by molar-refractivity contribution is 0.312. The van der Waals surface area contributed by atoms with Gasteiger partial charge in [-0.25, -0.2) is 4.39 Å². The molecule has 3 N–H and O–H groups in total. The molecule has 0 spiro atoms. The normalized spacial score (nSPS) is 9.85. The molecule has 0 aliphatic heterocycles. The highest BCUT2D eigenvalue weighted by Gasteiger charge is 2.11. The Hall–Kier alpha value is -2.95. The Morgan fingerprint density at radius 3 is 2.90 bits per heavy atom. The smallest absolute Gasteiger partial charge is 0.323 e. The van der Waals surface area contributed by atoms with Crippen molar-refractivity contribution < 1.29 is 9.13 Å². The van der Waals surface area contributed by atoms with Gasteiger partial charge in [0.1, 0.15) is 17.4 Å². The summed E-state index contributed by atoms with van der Waals surface area (Å²) in [6, 6.07) is 6.01. The lowest BCUT2D eigenvalue weighted by Gasteiger charge is -2.08. The Morgan fingerprint density at radius 1 is 1.40 bits per heavy atom. The summed E-state index contributed by atoms with van der Waals surface area (Å²) in [4.78, 5) is 11.6. The lowest BCUT2D eigenvalue weighted by Crippen LogP contribution is -2.07. The van der Waals surface area contributed by atoms with Crippen LogP contribution in [-0.2, 0) is 0 Å². The van der Waals surface area contributed by atoms with Gasteiger partial charge in [0.15, 0.2) is 0 Å². The number of nitrogens with zero attached hydrogens (tertiary/aromatic N) is 4. The van der Waals surface area contributed by atoms with Crippen molar-refractivity contribution in [3.63, 3.8) is 0 Å². The molecule has 2 rings (SSSR count). The number of rotatable bonds is 4. The van der Waals surface area contributed by atoms with Gasteiger partial charge in [0.05, 0.1) is 12.3 Å². The second-order valence-electron chi connectivity index (χ2n) is 3.63. The summed E-state index contributed by atoms with van der Waals surface area (Å²) in [5, 5.41) is 11.7. The Bertz CT molecular complexity index is 669. The molecule has 0 bridgehead atoms. The maximum Gasteiger partial charge on any atom is 0.323 e. The number of ether oxygens (including phenoxy) is 1. The summed E-state index contributed by atoms with van der Waals surface area (Å²) in [5.41, 5.74) is 5.62. The van der Waals surface area contributed by atoms with Crippen molar-refractivity contribution >= 4 is 17.6 Å². The number of nitriles is 1. The van der Waals surface area contributed by atoms with Crippen LogP contribution in [0.2, 0.25) is 0 Å². The fourth-order valence-electron chi connectivity index (χ4n) is 1.48. The molecule has 0 aliphatic rings. The predicted octanol–water partition coefficient (Wildman–Crippen LogP) is 1.61. The van der Waals surface area contributed by atoms with E-state index in [-0.39, 0.29) is 29.2 Å². The number of hydrogen-bond donors (Lipinski definition) is 2. The van der Waals surface area contributed by atoms with E-state index in [1.807, 2.05) is 0 Å². The number of nitrogens with two attached hydrogens (primary N) is 1. The van der Waals surface area contributed by atoms with Crippen LogP contribution >= 0.6 is 0 Å². The Morgan fingerprint density at radius 2 is 2.20 bits per heavy atom. The van der Waals surface area contributed by atoms with Crippen LogP contribution in [0.3, 0.4) is 0 Å². The van der Waals surface area contributed by atoms with Gasteiger partial charge in [-0.2, -0.15) is 20.2 Å². The van der Waals surface area contributed by atoms with E-state index in [9.17, 15) is 4.39 Å². The first kappa shape index (κ1) is 13.5. The van der Waals surface area contributed by atoms with Crippen LogP contribution in [0.5, 0.6) is 6.01 Å². The first-order chi connectivity index (χ1) is 9.63. The van der Waals surface area contributed by atoms with Gasteiger partial charge in [-0.1, -0.05) is 6.07 Å². The molecule has 0 aliphatic carbocycles. The standard InChI is InChI=1S/C12H11FN6O/c1-2-20-12-18-10(15)17-11(19-12)16-9-5-3-4-8(13)7(9)6-14/h3-5H,2H2,1H3,(H3,15,16,17,18,19). The third-order valence-electron chi connectivity index (χ3n) is 2.28. The summed E-state index contributed by atoms with van der Waals surface area (Å²) < 4.78 is 18.6. The zero-order valence-corrected chi connectivity index (χ0v) is 10.6. The molecule has 0 unspecified atom stereocenters. The fourth-order valence-corrected chi connectivity index (χ4v) is 1.48. The van der Waals surface area contributed by atoms with Crippen LogP contribution in [-0.4, -0.2) is 21.6 Å². The van der Waals surface area contributed by atoms with Crippen LogP contribution in [0.25, 0.3) is 0 Å². The zero-order valence-electron chi connectivity index (χ0n) is 10.6. The second kappa shape index (κ2) is 5.79. The molecule has 1 heterocycles. The maximum absolute atomic E-state index is 13.5. The highest BCUT2D eigenvalue weighted by molar-refractivity contribution is 5.63. The number of hydrogen-bond acceptors (Lipinski definition) is 7. The molecule has 8 heteroatoms. The molecule has 102 valence electrons. The molecule has 20 heavy (non-hydrogen) atoms. The first-order valence-electron chi connectivity index (χ1n) is 5.74. The molecule has 7 nitrogen and oxygen atoms in total. The second-order valence-corrected chi connectivity index (χ2v) is 3.63. The minimum absolute atomic E-state index is 0.0409. The summed E-state index contributed by atoms with van der Waals surface area (Å²) in [7, 11) is 0. The van der Waals surface area contributed by atoms with Crippen LogP contribution in [0, 0.1) is 17.1 Å². The van der Waals surface area contributed by atoms with Gasteiger partial charge in [0.25, 0.3) is 0 Å². The number of aromatic nitrogens is 3. The van der Waals surface area contributed by atoms with Crippen molar-refractivity contribution in [2.75, 3.05) is 17.7 Å². The molecule has 2 aromatic rings. The number of benzene rings is 1. The van der Waals surface area contributed by atoms with E-state index < -0.39 is 5.82 Å². The maximum atomic E-state index is 13.5. The van der Waals surface area contributed by atoms with Crippen molar-refractivity contribution in [1.29, 1.82) is 5.26 Å². The van der Waals surface area contributed by atoms with E-state index in [4.69, 9.17) is 15.7 Å². The monoisotopic (exact) mass is 274 g/mol. The fraction of sp³-hybridized carbons (Fsp3) is 0.167. The topological polar surface area (TPSA) is 110 Å². The summed E-state index contributed by atoms with van der Waals surface area (Å²) >= 11 is 0. The molecule has 1 aromatic heterocycles. The minimum atomic E-state index is -0.635. The summed E-state index contributed by atoms with van der Waals surface area (Å²) in [5.74, 6) is -0.603. The Kier molecular flexibility index (Phi) is 3.91. The quantitative estimate of drug-likeness (QED) is 0.871. The third kappa shape index (κ3) is 2.89. The molecule has 0 saturated carbocycles. The van der Waals surface area contributed by atoms with Gasteiger partial charge >= 0.3 is 6.01 Å². The average molecular weight is 274 g/mol. The summed E-state index contributed by atoms with van der Waals surface area (Å²) in [6.07, 6.45) is 0. The average Bonchev–Trinajstić information content (AvgIpc) is 2.38. The van der Waals surface area contributed by atoms with Crippen molar-refractivity contribution in [3.8, 4) is 12.1 Å². The van der Waals surface area contributed by atoms with Crippen LogP contribution in [0.15, 0.2) is 18.2 Å². The van der Waals surface area contributed by atoms with Crippen molar-refractivity contribution in [3.05, 3.63) is 29.6 Å².